The summed E-state index contributed by atoms with van der Waals surface area (Å²) in [4.78, 5) is 47.1. The molecule has 0 saturated carbocycles. The fourth-order valence-electron chi connectivity index (χ4n) is 1.92. The second kappa shape index (κ2) is 9.33. The second-order valence-corrected chi connectivity index (χ2v) is 5.98. The van der Waals surface area contributed by atoms with E-state index in [1.165, 1.54) is 24.5 Å². The van der Waals surface area contributed by atoms with Gasteiger partial charge in [-0.25, -0.2) is 0 Å². The highest BCUT2D eigenvalue weighted by Crippen LogP contribution is 2.10. The van der Waals surface area contributed by atoms with Gasteiger partial charge in [0.1, 0.15) is 6.54 Å². The van der Waals surface area contributed by atoms with Gasteiger partial charge in [0.25, 0.3) is 17.7 Å². The Morgan fingerprint density at radius 2 is 1.88 bits per heavy atom. The monoisotopic (exact) mass is 375 g/mol. The molecule has 0 saturated heterocycles. The SMILES string of the molecule is CNC(=O)c1cccc(NC(=O)COC(=O)CNC(=O)c2cccs2)c1. The molecule has 0 aliphatic carbocycles. The Morgan fingerprint density at radius 3 is 2.58 bits per heavy atom. The summed E-state index contributed by atoms with van der Waals surface area (Å²) < 4.78 is 4.80. The van der Waals surface area contributed by atoms with Crippen molar-refractivity contribution in [1.29, 1.82) is 0 Å². The lowest BCUT2D eigenvalue weighted by Crippen LogP contribution is -2.31. The van der Waals surface area contributed by atoms with Crippen molar-refractivity contribution in [2.24, 2.45) is 0 Å². The van der Waals surface area contributed by atoms with E-state index in [1.54, 1.807) is 35.7 Å². The molecule has 2 aromatic rings. The van der Waals surface area contributed by atoms with Crippen LogP contribution in [0.2, 0.25) is 0 Å². The van der Waals surface area contributed by atoms with Crippen LogP contribution in [0, 0.1) is 0 Å². The summed E-state index contributed by atoms with van der Waals surface area (Å²) in [6.07, 6.45) is 0. The van der Waals surface area contributed by atoms with Crippen molar-refractivity contribution >= 4 is 40.7 Å². The van der Waals surface area contributed by atoms with E-state index in [1.807, 2.05) is 0 Å². The lowest BCUT2D eigenvalue weighted by molar-refractivity contribution is -0.146. The van der Waals surface area contributed by atoms with Crippen molar-refractivity contribution in [3.8, 4) is 0 Å². The first-order valence-corrected chi connectivity index (χ1v) is 8.47. The quantitative estimate of drug-likeness (QED) is 0.625. The van der Waals surface area contributed by atoms with E-state index in [0.29, 0.717) is 16.1 Å². The molecule has 3 amide bonds. The Labute approximate surface area is 153 Å². The number of carbonyl (C=O) groups is 4. The van der Waals surface area contributed by atoms with Crippen LogP contribution in [0.25, 0.3) is 0 Å². The van der Waals surface area contributed by atoms with Gasteiger partial charge in [-0.15, -0.1) is 11.3 Å². The summed E-state index contributed by atoms with van der Waals surface area (Å²) in [6, 6.07) is 9.68. The maximum Gasteiger partial charge on any atom is 0.325 e. The summed E-state index contributed by atoms with van der Waals surface area (Å²) in [5.41, 5.74) is 0.789. The minimum absolute atomic E-state index is 0.283. The molecule has 0 aliphatic heterocycles. The Hall–Kier alpha value is -3.20. The van der Waals surface area contributed by atoms with Crippen molar-refractivity contribution < 1.29 is 23.9 Å². The molecule has 0 fully saturated rings. The van der Waals surface area contributed by atoms with Crippen molar-refractivity contribution in [2.45, 2.75) is 0 Å². The normalized spacial score (nSPS) is 9.88. The highest BCUT2D eigenvalue weighted by Gasteiger charge is 2.12. The van der Waals surface area contributed by atoms with Crippen LogP contribution in [0.4, 0.5) is 5.69 Å². The topological polar surface area (TPSA) is 114 Å². The molecule has 26 heavy (non-hydrogen) atoms. The van der Waals surface area contributed by atoms with E-state index in [9.17, 15) is 19.2 Å². The molecule has 0 aliphatic rings. The van der Waals surface area contributed by atoms with Gasteiger partial charge in [-0.2, -0.15) is 0 Å². The molecular weight excluding hydrogens is 358 g/mol. The first kappa shape index (κ1) is 19.1. The lowest BCUT2D eigenvalue weighted by Gasteiger charge is -2.08. The second-order valence-electron chi connectivity index (χ2n) is 5.03. The van der Waals surface area contributed by atoms with Crippen molar-refractivity contribution in [3.63, 3.8) is 0 Å². The van der Waals surface area contributed by atoms with Crippen LogP contribution in [0.15, 0.2) is 41.8 Å². The third-order valence-corrected chi connectivity index (χ3v) is 4.01. The molecular formula is C17H17N3O5S. The molecule has 1 aromatic carbocycles. The van der Waals surface area contributed by atoms with Crippen LogP contribution < -0.4 is 16.0 Å². The molecule has 0 bridgehead atoms. The van der Waals surface area contributed by atoms with Gasteiger partial charge in [0.2, 0.25) is 0 Å². The zero-order chi connectivity index (χ0) is 18.9. The third kappa shape index (κ3) is 5.71. The van der Waals surface area contributed by atoms with Crippen LogP contribution in [-0.2, 0) is 14.3 Å². The Bertz CT molecular complexity index is 804. The Morgan fingerprint density at radius 1 is 1.08 bits per heavy atom. The van der Waals surface area contributed by atoms with Gasteiger partial charge in [0.05, 0.1) is 4.88 Å². The smallest absolute Gasteiger partial charge is 0.325 e. The van der Waals surface area contributed by atoms with Gasteiger partial charge in [-0.3, -0.25) is 19.2 Å². The minimum Gasteiger partial charge on any atom is -0.454 e. The number of esters is 1. The first-order chi connectivity index (χ1) is 12.5. The summed E-state index contributed by atoms with van der Waals surface area (Å²) in [7, 11) is 1.50. The number of hydrogen-bond donors (Lipinski definition) is 3. The van der Waals surface area contributed by atoms with Gasteiger partial charge in [-0.05, 0) is 29.6 Å². The Kier molecular flexibility index (Phi) is 6.86. The number of amides is 3. The fraction of sp³-hybridized carbons (Fsp3) is 0.176. The van der Waals surface area contributed by atoms with Crippen LogP contribution >= 0.6 is 11.3 Å². The molecule has 8 nitrogen and oxygen atoms in total. The molecule has 2 rings (SSSR count). The van der Waals surface area contributed by atoms with Crippen molar-refractivity contribution in [2.75, 3.05) is 25.5 Å². The van der Waals surface area contributed by atoms with Gasteiger partial charge in [-0.1, -0.05) is 12.1 Å². The number of rotatable bonds is 7. The molecule has 9 heteroatoms. The zero-order valence-corrected chi connectivity index (χ0v) is 14.7. The molecule has 1 heterocycles. The highest BCUT2D eigenvalue weighted by atomic mass is 32.1. The number of thiophene rings is 1. The first-order valence-electron chi connectivity index (χ1n) is 7.59. The standard InChI is InChI=1S/C17H17N3O5S/c1-18-16(23)11-4-2-5-12(8-11)20-14(21)10-25-15(22)9-19-17(24)13-6-3-7-26-13/h2-8H,9-10H2,1H3,(H,18,23)(H,19,24)(H,20,21). The van der Waals surface area contributed by atoms with E-state index in [2.05, 4.69) is 16.0 Å². The van der Waals surface area contributed by atoms with Crippen molar-refractivity contribution in [1.82, 2.24) is 10.6 Å². The average Bonchev–Trinajstić information content (AvgIpc) is 3.18. The largest absolute Gasteiger partial charge is 0.454 e. The minimum atomic E-state index is -0.732. The number of nitrogens with one attached hydrogen (secondary N) is 3. The summed E-state index contributed by atoms with van der Waals surface area (Å²) >= 11 is 1.25. The Balaban J connectivity index is 1.75. The maximum absolute atomic E-state index is 11.8. The molecule has 0 spiro atoms. The lowest BCUT2D eigenvalue weighted by atomic mass is 10.2. The van der Waals surface area contributed by atoms with Gasteiger partial charge >= 0.3 is 5.97 Å². The van der Waals surface area contributed by atoms with Gasteiger partial charge in [0.15, 0.2) is 6.61 Å². The third-order valence-electron chi connectivity index (χ3n) is 3.14. The number of hydrogen-bond acceptors (Lipinski definition) is 6. The van der Waals surface area contributed by atoms with E-state index >= 15 is 0 Å². The van der Waals surface area contributed by atoms with Gasteiger partial charge < -0.3 is 20.7 Å². The molecule has 3 N–H and O–H groups in total. The van der Waals surface area contributed by atoms with Crippen LogP contribution in [0.3, 0.4) is 0 Å². The van der Waals surface area contributed by atoms with E-state index in [-0.39, 0.29) is 18.4 Å². The van der Waals surface area contributed by atoms with Crippen LogP contribution in [0.5, 0.6) is 0 Å². The number of anilines is 1. The number of benzene rings is 1. The average molecular weight is 375 g/mol. The van der Waals surface area contributed by atoms with Gasteiger partial charge in [0, 0.05) is 18.3 Å². The van der Waals surface area contributed by atoms with E-state index in [4.69, 9.17) is 4.74 Å². The van der Waals surface area contributed by atoms with E-state index < -0.39 is 18.5 Å². The summed E-state index contributed by atoms with van der Waals surface area (Å²) in [6.45, 7) is -0.839. The molecule has 0 radical (unpaired) electrons. The van der Waals surface area contributed by atoms with Crippen molar-refractivity contribution in [3.05, 3.63) is 52.2 Å². The number of ether oxygens (including phenoxy) is 1. The molecule has 0 atom stereocenters. The maximum atomic E-state index is 11.8. The summed E-state index contributed by atoms with van der Waals surface area (Å²) in [5.74, 6) is -1.96. The molecule has 1 aromatic heterocycles. The van der Waals surface area contributed by atoms with Crippen LogP contribution in [-0.4, -0.2) is 43.9 Å². The predicted molar refractivity (Wildman–Crippen MR) is 96.1 cm³/mol. The zero-order valence-electron chi connectivity index (χ0n) is 13.9. The highest BCUT2D eigenvalue weighted by molar-refractivity contribution is 7.12. The fourth-order valence-corrected chi connectivity index (χ4v) is 2.56. The molecule has 0 unspecified atom stereocenters. The van der Waals surface area contributed by atoms with E-state index in [0.717, 1.165) is 0 Å². The molecule has 136 valence electrons. The predicted octanol–water partition coefficient (Wildman–Crippen LogP) is 1.02. The summed E-state index contributed by atoms with van der Waals surface area (Å²) in [5, 5.41) is 9.15. The van der Waals surface area contributed by atoms with Crippen LogP contribution in [0.1, 0.15) is 20.0 Å². The number of carbonyl (C=O) groups excluding carboxylic acids is 4.